The summed E-state index contributed by atoms with van der Waals surface area (Å²) in [4.78, 5) is 10.8. The lowest BCUT2D eigenvalue weighted by Crippen LogP contribution is -2.02. The number of carbonyl (C=O) groups is 1. The highest BCUT2D eigenvalue weighted by molar-refractivity contribution is 5.91. The summed E-state index contributed by atoms with van der Waals surface area (Å²) < 4.78 is 13.8. The van der Waals surface area contributed by atoms with Gasteiger partial charge in [0, 0.05) is 11.5 Å². The Kier molecular flexibility index (Phi) is 4.94. The Labute approximate surface area is 112 Å². The van der Waals surface area contributed by atoms with Crippen LogP contribution in [0.2, 0.25) is 0 Å². The van der Waals surface area contributed by atoms with Crippen LogP contribution >= 0.6 is 0 Å². The Morgan fingerprint density at radius 3 is 2.47 bits per heavy atom. The highest BCUT2D eigenvalue weighted by atomic mass is 19.1. The number of phenols is 1. The van der Waals surface area contributed by atoms with E-state index in [1.165, 1.54) is 6.92 Å². The molecule has 4 heteroatoms. The number of carboxylic acids is 1. The molecule has 0 fully saturated rings. The second-order valence-corrected chi connectivity index (χ2v) is 4.34. The minimum atomic E-state index is -1.36. The molecule has 0 saturated carbocycles. The fourth-order valence-corrected chi connectivity index (χ4v) is 1.75. The molecule has 0 aliphatic rings. The Bertz CT molecular complexity index is 549. The zero-order chi connectivity index (χ0) is 14.6. The Balaban J connectivity index is 3.31. The highest BCUT2D eigenvalue weighted by Crippen LogP contribution is 2.27. The first-order valence-electron chi connectivity index (χ1n) is 6.19. The van der Waals surface area contributed by atoms with E-state index in [2.05, 4.69) is 11.8 Å². The smallest absolute Gasteiger partial charge is 0.339 e. The zero-order valence-corrected chi connectivity index (χ0v) is 11.2. The molecule has 1 rings (SSSR count). The van der Waals surface area contributed by atoms with Gasteiger partial charge in [0.05, 0.1) is 5.56 Å². The van der Waals surface area contributed by atoms with Crippen LogP contribution in [-0.4, -0.2) is 16.2 Å². The van der Waals surface area contributed by atoms with E-state index in [9.17, 15) is 14.3 Å². The average molecular weight is 264 g/mol. The lowest BCUT2D eigenvalue weighted by atomic mass is 10.00. The standard InChI is InChI=1S/C15H17FO3/c1-4-10(5-2)6-7-11-9(3)14(17)12(15(18)19)8-13(11)16/h8,10,17H,4-5H2,1-3H3,(H,18,19). The van der Waals surface area contributed by atoms with Crippen LogP contribution in [-0.2, 0) is 0 Å². The number of hydrogen-bond donors (Lipinski definition) is 2. The topological polar surface area (TPSA) is 57.5 Å². The quantitative estimate of drug-likeness (QED) is 0.823. The number of halogens is 1. The summed E-state index contributed by atoms with van der Waals surface area (Å²) in [5.41, 5.74) is -0.215. The summed E-state index contributed by atoms with van der Waals surface area (Å²) in [6, 6.07) is 0.807. The Hall–Kier alpha value is -2.02. The third-order valence-corrected chi connectivity index (χ3v) is 3.11. The fourth-order valence-electron chi connectivity index (χ4n) is 1.75. The molecule has 3 nitrogen and oxygen atoms in total. The van der Waals surface area contributed by atoms with Crippen molar-refractivity contribution in [1.82, 2.24) is 0 Å². The molecule has 0 aliphatic carbocycles. The van der Waals surface area contributed by atoms with E-state index in [1.807, 2.05) is 13.8 Å². The fraction of sp³-hybridized carbons (Fsp3) is 0.400. The van der Waals surface area contributed by atoms with Crippen LogP contribution in [0, 0.1) is 30.5 Å². The van der Waals surface area contributed by atoms with E-state index in [0.29, 0.717) is 0 Å². The monoisotopic (exact) mass is 264 g/mol. The first-order valence-corrected chi connectivity index (χ1v) is 6.19. The predicted molar refractivity (Wildman–Crippen MR) is 70.7 cm³/mol. The van der Waals surface area contributed by atoms with E-state index >= 15 is 0 Å². The SMILES string of the molecule is CCC(C#Cc1c(F)cc(C(=O)O)c(O)c1C)CC. The summed E-state index contributed by atoms with van der Waals surface area (Å²) >= 11 is 0. The maximum Gasteiger partial charge on any atom is 0.339 e. The molecule has 0 aromatic heterocycles. The summed E-state index contributed by atoms with van der Waals surface area (Å²) in [5, 5.41) is 18.6. The number of benzene rings is 1. The minimum Gasteiger partial charge on any atom is -0.507 e. The minimum absolute atomic E-state index is 0.0643. The molecular formula is C15H17FO3. The molecule has 0 bridgehead atoms. The van der Waals surface area contributed by atoms with Crippen molar-refractivity contribution in [3.8, 4) is 17.6 Å². The Morgan fingerprint density at radius 1 is 1.42 bits per heavy atom. The summed E-state index contributed by atoms with van der Waals surface area (Å²) in [6.07, 6.45) is 1.73. The average Bonchev–Trinajstić information content (AvgIpc) is 2.37. The van der Waals surface area contributed by atoms with Crippen LogP contribution in [0.3, 0.4) is 0 Å². The van der Waals surface area contributed by atoms with Crippen molar-refractivity contribution in [2.75, 3.05) is 0 Å². The van der Waals surface area contributed by atoms with Gasteiger partial charge in [-0.15, -0.1) is 0 Å². The maximum atomic E-state index is 13.8. The van der Waals surface area contributed by atoms with Gasteiger partial charge in [-0.2, -0.15) is 0 Å². The number of carboxylic acid groups (broad SMARTS) is 1. The van der Waals surface area contributed by atoms with Gasteiger partial charge in [0.1, 0.15) is 17.1 Å². The van der Waals surface area contributed by atoms with Crippen molar-refractivity contribution in [3.05, 3.63) is 28.6 Å². The lowest BCUT2D eigenvalue weighted by Gasteiger charge is -2.07. The summed E-state index contributed by atoms with van der Waals surface area (Å²) in [5.74, 6) is 3.32. The largest absolute Gasteiger partial charge is 0.507 e. The normalized spacial score (nSPS) is 10.2. The second kappa shape index (κ2) is 6.24. The van der Waals surface area contributed by atoms with Crippen LogP contribution in [0.25, 0.3) is 0 Å². The summed E-state index contributed by atoms with van der Waals surface area (Å²) in [6.45, 7) is 5.45. The molecule has 19 heavy (non-hydrogen) atoms. The molecule has 0 amide bonds. The number of rotatable bonds is 3. The van der Waals surface area contributed by atoms with Crippen molar-refractivity contribution in [3.63, 3.8) is 0 Å². The number of aromatic carboxylic acids is 1. The van der Waals surface area contributed by atoms with Gasteiger partial charge in [0.15, 0.2) is 0 Å². The van der Waals surface area contributed by atoms with Crippen molar-refractivity contribution in [2.45, 2.75) is 33.6 Å². The van der Waals surface area contributed by atoms with Gasteiger partial charge >= 0.3 is 5.97 Å². The van der Waals surface area contributed by atoms with Crippen LogP contribution in [0.5, 0.6) is 5.75 Å². The molecule has 1 aromatic rings. The second-order valence-electron chi connectivity index (χ2n) is 4.34. The molecule has 0 aliphatic heterocycles. The molecular weight excluding hydrogens is 247 g/mol. The zero-order valence-electron chi connectivity index (χ0n) is 11.2. The molecule has 0 radical (unpaired) electrons. The van der Waals surface area contributed by atoms with Gasteiger partial charge in [-0.1, -0.05) is 25.7 Å². The van der Waals surface area contributed by atoms with Crippen molar-refractivity contribution < 1.29 is 19.4 Å². The van der Waals surface area contributed by atoms with Gasteiger partial charge in [-0.05, 0) is 25.8 Å². The summed E-state index contributed by atoms with van der Waals surface area (Å²) in [7, 11) is 0. The van der Waals surface area contributed by atoms with Crippen LogP contribution in [0.4, 0.5) is 4.39 Å². The van der Waals surface area contributed by atoms with E-state index in [-0.39, 0.29) is 17.0 Å². The molecule has 0 heterocycles. The highest BCUT2D eigenvalue weighted by Gasteiger charge is 2.18. The third kappa shape index (κ3) is 3.25. The van der Waals surface area contributed by atoms with Gasteiger partial charge < -0.3 is 10.2 Å². The van der Waals surface area contributed by atoms with Crippen LogP contribution < -0.4 is 0 Å². The molecule has 102 valence electrons. The number of aromatic hydroxyl groups is 1. The van der Waals surface area contributed by atoms with Crippen LogP contribution in [0.15, 0.2) is 6.07 Å². The molecule has 0 unspecified atom stereocenters. The van der Waals surface area contributed by atoms with Crippen molar-refractivity contribution in [1.29, 1.82) is 0 Å². The molecule has 0 atom stereocenters. The van der Waals surface area contributed by atoms with Gasteiger partial charge in [0.25, 0.3) is 0 Å². The Morgan fingerprint density at radius 2 is 2.00 bits per heavy atom. The third-order valence-electron chi connectivity index (χ3n) is 3.11. The molecule has 1 aromatic carbocycles. The van der Waals surface area contributed by atoms with Gasteiger partial charge in [-0.3, -0.25) is 0 Å². The molecule has 0 spiro atoms. The van der Waals surface area contributed by atoms with Crippen molar-refractivity contribution >= 4 is 5.97 Å². The van der Waals surface area contributed by atoms with Crippen molar-refractivity contribution in [2.24, 2.45) is 5.92 Å². The lowest BCUT2D eigenvalue weighted by molar-refractivity contribution is 0.0693. The first kappa shape index (κ1) is 15.0. The van der Waals surface area contributed by atoms with E-state index < -0.39 is 23.1 Å². The predicted octanol–water partition coefficient (Wildman–Crippen LogP) is 3.33. The van der Waals surface area contributed by atoms with Crippen LogP contribution in [0.1, 0.15) is 48.2 Å². The van der Waals surface area contributed by atoms with Gasteiger partial charge in [-0.25, -0.2) is 9.18 Å². The first-order chi connectivity index (χ1) is 8.92. The maximum absolute atomic E-state index is 13.8. The van der Waals surface area contributed by atoms with Gasteiger partial charge in [0.2, 0.25) is 0 Å². The van der Waals surface area contributed by atoms with E-state index in [4.69, 9.17) is 5.11 Å². The molecule has 2 N–H and O–H groups in total. The van der Waals surface area contributed by atoms with E-state index in [1.54, 1.807) is 0 Å². The number of hydrogen-bond acceptors (Lipinski definition) is 2. The van der Waals surface area contributed by atoms with E-state index in [0.717, 1.165) is 18.9 Å². The molecule has 0 saturated heterocycles.